The molecule has 30 heavy (non-hydrogen) atoms. The number of aromatic nitrogens is 3. The number of thiophene rings is 1. The van der Waals surface area contributed by atoms with Gasteiger partial charge in [-0.25, -0.2) is 4.68 Å². The van der Waals surface area contributed by atoms with E-state index in [4.69, 9.17) is 9.47 Å². The Balaban J connectivity index is 1.59. The summed E-state index contributed by atoms with van der Waals surface area (Å²) in [5, 5.41) is 10.2. The number of carbonyl (C=O) groups excluding carboxylic acids is 1. The topological polar surface area (TPSA) is 86.9 Å². The van der Waals surface area contributed by atoms with Gasteiger partial charge in [0.05, 0.1) is 20.3 Å². The zero-order valence-corrected chi connectivity index (χ0v) is 17.9. The van der Waals surface area contributed by atoms with E-state index in [-0.39, 0.29) is 24.1 Å². The summed E-state index contributed by atoms with van der Waals surface area (Å²) in [5.41, 5.74) is 0.995. The predicted molar refractivity (Wildman–Crippen MR) is 116 cm³/mol. The fourth-order valence-corrected chi connectivity index (χ4v) is 4.53. The number of ether oxygens (including phenoxy) is 2. The Morgan fingerprint density at radius 1 is 1.23 bits per heavy atom. The van der Waals surface area contributed by atoms with Gasteiger partial charge in [0.15, 0.2) is 0 Å². The van der Waals surface area contributed by atoms with Crippen LogP contribution >= 0.6 is 11.3 Å². The zero-order valence-electron chi connectivity index (χ0n) is 17.1. The monoisotopic (exact) mass is 426 g/mol. The molecule has 1 aromatic carbocycles. The van der Waals surface area contributed by atoms with Gasteiger partial charge in [0, 0.05) is 10.9 Å². The number of nitrogens with one attached hydrogen (secondary N) is 1. The molecule has 0 spiro atoms. The Kier molecular flexibility index (Phi) is 5.21. The van der Waals surface area contributed by atoms with Crippen LogP contribution in [0.3, 0.4) is 0 Å². The van der Waals surface area contributed by atoms with Gasteiger partial charge < -0.3 is 14.8 Å². The Labute approximate surface area is 176 Å². The first-order chi connectivity index (χ1) is 14.4. The van der Waals surface area contributed by atoms with Gasteiger partial charge in [-0.2, -0.15) is 5.10 Å². The number of hydrogen-bond acceptors (Lipinski definition) is 6. The van der Waals surface area contributed by atoms with Crippen LogP contribution in [-0.2, 0) is 11.3 Å². The molecule has 8 nitrogen and oxygen atoms in total. The minimum Gasteiger partial charge on any atom is -0.497 e. The lowest BCUT2D eigenvalue weighted by molar-refractivity contribution is -0.122. The highest BCUT2D eigenvalue weighted by molar-refractivity contribution is 7.16. The van der Waals surface area contributed by atoms with Crippen LogP contribution < -0.4 is 20.3 Å². The van der Waals surface area contributed by atoms with Crippen molar-refractivity contribution in [2.75, 3.05) is 14.2 Å². The van der Waals surface area contributed by atoms with Crippen LogP contribution in [0.15, 0.2) is 40.5 Å². The van der Waals surface area contributed by atoms with Crippen molar-refractivity contribution in [2.45, 2.75) is 26.4 Å². The summed E-state index contributed by atoms with van der Waals surface area (Å²) in [6.07, 6.45) is 0. The van der Waals surface area contributed by atoms with E-state index >= 15 is 0 Å². The average Bonchev–Trinajstić information content (AvgIpc) is 3.32. The second kappa shape index (κ2) is 7.83. The smallest absolute Gasteiger partial charge is 0.291 e. The minimum atomic E-state index is -0.346. The lowest BCUT2D eigenvalue weighted by Crippen LogP contribution is -2.36. The SMILES string of the molecule is COc1ccc(OC)c([C@H](C)NC(=O)Cn2nc(C)n3c(cc4ccsc43)c2=O)c1. The zero-order chi connectivity index (χ0) is 21.4. The van der Waals surface area contributed by atoms with E-state index < -0.39 is 0 Å². The standard InChI is InChI=1S/C21H22N4O4S/c1-12(16-10-15(28-3)5-6-18(16)29-4)22-19(26)11-24-20(27)17-9-14-7-8-30-21(14)25(17)13(2)23-24/h5-10,12H,11H2,1-4H3,(H,22,26)/t12-/m0/s1. The fraction of sp³-hybridized carbons (Fsp3) is 0.286. The van der Waals surface area contributed by atoms with Gasteiger partial charge in [-0.15, -0.1) is 11.3 Å². The maximum absolute atomic E-state index is 12.9. The van der Waals surface area contributed by atoms with Crippen molar-refractivity contribution in [3.05, 3.63) is 57.5 Å². The quantitative estimate of drug-likeness (QED) is 0.512. The molecule has 0 aliphatic heterocycles. The minimum absolute atomic E-state index is 0.175. The summed E-state index contributed by atoms with van der Waals surface area (Å²) in [6, 6.07) is 8.85. The number of amides is 1. The Morgan fingerprint density at radius 3 is 2.77 bits per heavy atom. The Morgan fingerprint density at radius 2 is 2.03 bits per heavy atom. The van der Waals surface area contributed by atoms with Crippen molar-refractivity contribution in [2.24, 2.45) is 0 Å². The van der Waals surface area contributed by atoms with Crippen LogP contribution in [0.2, 0.25) is 0 Å². The first-order valence-electron chi connectivity index (χ1n) is 9.40. The molecule has 0 bridgehead atoms. The van der Waals surface area contributed by atoms with Gasteiger partial charge in [0.1, 0.15) is 34.2 Å². The number of fused-ring (bicyclic) bond motifs is 3. The molecule has 0 aliphatic rings. The molecule has 0 aliphatic carbocycles. The second-order valence-corrected chi connectivity index (χ2v) is 7.85. The maximum Gasteiger partial charge on any atom is 0.291 e. The average molecular weight is 426 g/mol. The molecule has 156 valence electrons. The second-order valence-electron chi connectivity index (χ2n) is 6.95. The first-order valence-corrected chi connectivity index (χ1v) is 10.3. The summed E-state index contributed by atoms with van der Waals surface area (Å²) >= 11 is 1.55. The van der Waals surface area contributed by atoms with Gasteiger partial charge in [-0.05, 0) is 49.6 Å². The molecule has 1 atom stereocenters. The summed E-state index contributed by atoms with van der Waals surface area (Å²) in [6.45, 7) is 3.50. The van der Waals surface area contributed by atoms with Crippen molar-refractivity contribution >= 4 is 33.0 Å². The third-order valence-electron chi connectivity index (χ3n) is 5.03. The molecular formula is C21H22N4O4S. The van der Waals surface area contributed by atoms with E-state index in [1.165, 1.54) is 4.68 Å². The van der Waals surface area contributed by atoms with Crippen LogP contribution in [0.5, 0.6) is 11.5 Å². The van der Waals surface area contributed by atoms with Crippen molar-refractivity contribution in [3.8, 4) is 11.5 Å². The van der Waals surface area contributed by atoms with Crippen LogP contribution in [0, 0.1) is 6.92 Å². The van der Waals surface area contributed by atoms with Gasteiger partial charge in [0.25, 0.3) is 5.56 Å². The highest BCUT2D eigenvalue weighted by Gasteiger charge is 2.18. The number of rotatable bonds is 6. The third-order valence-corrected chi connectivity index (χ3v) is 5.94. The maximum atomic E-state index is 12.9. The van der Waals surface area contributed by atoms with Gasteiger partial charge in [-0.3, -0.25) is 14.0 Å². The van der Waals surface area contributed by atoms with E-state index in [0.717, 1.165) is 15.8 Å². The third kappa shape index (κ3) is 3.41. The van der Waals surface area contributed by atoms with Gasteiger partial charge >= 0.3 is 0 Å². The fourth-order valence-electron chi connectivity index (χ4n) is 3.59. The molecule has 3 heterocycles. The molecule has 1 N–H and O–H groups in total. The van der Waals surface area contributed by atoms with Gasteiger partial charge in [0.2, 0.25) is 5.91 Å². The van der Waals surface area contributed by atoms with Crippen LogP contribution in [0.1, 0.15) is 24.4 Å². The molecule has 0 radical (unpaired) electrons. The van der Waals surface area contributed by atoms with Crippen LogP contribution in [-0.4, -0.2) is 34.3 Å². The molecule has 3 aromatic heterocycles. The lowest BCUT2D eigenvalue weighted by Gasteiger charge is -2.18. The molecule has 0 saturated heterocycles. The summed E-state index contributed by atoms with van der Waals surface area (Å²) in [4.78, 5) is 26.6. The van der Waals surface area contributed by atoms with E-state index in [9.17, 15) is 9.59 Å². The largest absolute Gasteiger partial charge is 0.497 e. The normalized spacial score (nSPS) is 12.3. The van der Waals surface area contributed by atoms with Crippen molar-refractivity contribution in [3.63, 3.8) is 0 Å². The molecule has 4 aromatic rings. The lowest BCUT2D eigenvalue weighted by atomic mass is 10.1. The number of methoxy groups -OCH3 is 2. The van der Waals surface area contributed by atoms with E-state index in [2.05, 4.69) is 10.4 Å². The number of hydrogen-bond donors (Lipinski definition) is 1. The molecule has 0 fully saturated rings. The summed E-state index contributed by atoms with van der Waals surface area (Å²) in [7, 11) is 3.15. The Bertz CT molecular complexity index is 1300. The molecular weight excluding hydrogens is 404 g/mol. The number of nitrogens with zero attached hydrogens (tertiary/aromatic N) is 3. The number of benzene rings is 1. The van der Waals surface area contributed by atoms with Crippen LogP contribution in [0.25, 0.3) is 15.7 Å². The molecule has 1 amide bonds. The van der Waals surface area contributed by atoms with E-state index in [1.807, 2.05) is 41.8 Å². The highest BCUT2D eigenvalue weighted by Crippen LogP contribution is 2.29. The molecule has 4 rings (SSSR count). The van der Waals surface area contributed by atoms with E-state index in [1.54, 1.807) is 37.7 Å². The van der Waals surface area contributed by atoms with Crippen molar-refractivity contribution in [1.82, 2.24) is 19.5 Å². The van der Waals surface area contributed by atoms with Gasteiger partial charge in [-0.1, -0.05) is 0 Å². The molecule has 9 heteroatoms. The summed E-state index contributed by atoms with van der Waals surface area (Å²) < 4.78 is 13.7. The van der Waals surface area contributed by atoms with Crippen molar-refractivity contribution < 1.29 is 14.3 Å². The van der Waals surface area contributed by atoms with Crippen molar-refractivity contribution in [1.29, 1.82) is 0 Å². The van der Waals surface area contributed by atoms with Crippen LogP contribution in [0.4, 0.5) is 0 Å². The summed E-state index contributed by atoms with van der Waals surface area (Å²) in [5.74, 6) is 1.64. The molecule has 0 unspecified atom stereocenters. The predicted octanol–water partition coefficient (Wildman–Crippen LogP) is 2.91. The Hall–Kier alpha value is -3.33. The molecule has 0 saturated carbocycles. The first kappa shape index (κ1) is 20.0. The number of aryl methyl sites for hydroxylation is 1. The highest BCUT2D eigenvalue weighted by atomic mass is 32.1. The number of carbonyl (C=O) groups is 1. The van der Waals surface area contributed by atoms with E-state index in [0.29, 0.717) is 22.8 Å².